The van der Waals surface area contributed by atoms with E-state index in [0.717, 1.165) is 29.2 Å². The van der Waals surface area contributed by atoms with Crippen LogP contribution in [0.2, 0.25) is 7.85 Å². The minimum absolute atomic E-state index is 0.0423. The average molecular weight is 467 g/mol. The van der Waals surface area contributed by atoms with Gasteiger partial charge in [0.1, 0.15) is 6.04 Å². The highest BCUT2D eigenvalue weighted by Crippen LogP contribution is 2.30. The minimum Gasteiger partial charge on any atom is -0.346 e. The lowest BCUT2D eigenvalue weighted by molar-refractivity contribution is -0.147. The SMILES string of the molecule is [2H]C1C(=O)N([2H])C(=O)C(N2Cc3cc(C([2H])N([2H])C(=O)C(F)(F)c4ccc(Cl)cc4)ccc3C2=O)C1[2H]. The smallest absolute Gasteiger partial charge is 0.346 e. The quantitative estimate of drug-likeness (QED) is 0.662. The molecule has 10 heteroatoms. The molecule has 7 nitrogen and oxygen atoms in total. The van der Waals surface area contributed by atoms with Gasteiger partial charge in [0.2, 0.25) is 11.8 Å². The highest BCUT2D eigenvalue weighted by atomic mass is 35.5. The van der Waals surface area contributed by atoms with Crippen LogP contribution in [0.25, 0.3) is 0 Å². The molecule has 2 aromatic rings. The molecule has 0 aliphatic carbocycles. The molecule has 4 amide bonds. The highest BCUT2D eigenvalue weighted by molar-refractivity contribution is 6.30. The number of carbonyl (C=O) groups excluding carboxylic acids is 4. The molecule has 0 spiro atoms. The van der Waals surface area contributed by atoms with Gasteiger partial charge in [0, 0.05) is 38.4 Å². The molecule has 0 saturated carbocycles. The zero-order valence-corrected chi connectivity index (χ0v) is 16.9. The number of imide groups is 1. The molecule has 1 fully saturated rings. The molecule has 0 aromatic heterocycles. The molecule has 4 atom stereocenters. The van der Waals surface area contributed by atoms with Crippen molar-refractivity contribution in [3.05, 3.63) is 69.7 Å². The Morgan fingerprint density at radius 3 is 2.75 bits per heavy atom. The van der Waals surface area contributed by atoms with Crippen LogP contribution in [0.3, 0.4) is 0 Å². The molecule has 32 heavy (non-hydrogen) atoms. The molecule has 4 unspecified atom stereocenters. The first-order chi connectivity index (χ1) is 17.3. The van der Waals surface area contributed by atoms with Gasteiger partial charge in [-0.25, -0.2) is 0 Å². The lowest BCUT2D eigenvalue weighted by Gasteiger charge is -2.29. The third-order valence-corrected chi connectivity index (χ3v) is 5.25. The van der Waals surface area contributed by atoms with E-state index < -0.39 is 60.5 Å². The third-order valence-electron chi connectivity index (χ3n) is 5.00. The summed E-state index contributed by atoms with van der Waals surface area (Å²) in [6.45, 7) is -2.19. The summed E-state index contributed by atoms with van der Waals surface area (Å²) in [5, 5.41) is -0.0648. The average Bonchev–Trinajstić information content (AvgIpc) is 3.20. The van der Waals surface area contributed by atoms with E-state index in [9.17, 15) is 28.0 Å². The Kier molecular flexibility index (Phi) is 4.24. The van der Waals surface area contributed by atoms with Crippen LogP contribution in [0.1, 0.15) is 44.0 Å². The summed E-state index contributed by atoms with van der Waals surface area (Å²) in [6, 6.07) is 6.27. The summed E-state index contributed by atoms with van der Waals surface area (Å²) in [6.07, 6.45) is -3.39. The normalized spacial score (nSPS) is 26.5. The predicted octanol–water partition coefficient (Wildman–Crippen LogP) is 2.51. The summed E-state index contributed by atoms with van der Waals surface area (Å²) in [4.78, 5) is 50.6. The van der Waals surface area contributed by atoms with Crippen molar-refractivity contribution in [2.45, 2.75) is 37.8 Å². The number of hydrogen-bond acceptors (Lipinski definition) is 4. The number of fused-ring (bicyclic) bond motifs is 1. The first-order valence-electron chi connectivity index (χ1n) is 11.9. The van der Waals surface area contributed by atoms with Crippen molar-refractivity contribution in [3.63, 3.8) is 0 Å². The zero-order valence-electron chi connectivity index (χ0n) is 21.2. The number of alkyl halides is 2. The summed E-state index contributed by atoms with van der Waals surface area (Å²) in [7, 11) is 0. The van der Waals surface area contributed by atoms with E-state index in [0.29, 0.717) is 0 Å². The second kappa shape index (κ2) is 8.31. The Labute approximate surface area is 193 Å². The number of benzene rings is 2. The fraction of sp³-hybridized carbons (Fsp3) is 0.273. The Balaban J connectivity index is 1.56. The molecule has 2 heterocycles. The van der Waals surface area contributed by atoms with Crippen LogP contribution in [0.4, 0.5) is 8.78 Å². The third kappa shape index (κ3) is 4.08. The van der Waals surface area contributed by atoms with Crippen LogP contribution in [0, 0.1) is 0 Å². The van der Waals surface area contributed by atoms with Gasteiger partial charge in [-0.15, -0.1) is 0 Å². The topological polar surface area (TPSA) is 95.6 Å². The Hall–Kier alpha value is -3.33. The van der Waals surface area contributed by atoms with Crippen LogP contribution in [0.5, 0.6) is 0 Å². The predicted molar refractivity (Wildman–Crippen MR) is 110 cm³/mol. The molecule has 1 saturated heterocycles. The van der Waals surface area contributed by atoms with E-state index in [4.69, 9.17) is 18.5 Å². The standard InChI is InChI=1S/C22H18ClF2N3O4/c23-15-4-2-14(3-5-15)22(24,25)21(32)26-10-12-1-6-16-13(9-12)11-28(20(16)31)17-7-8-18(29)27-19(17)30/h1-6,9,17H,7-8,10-11H2,(H,26,32)(H,27,29,30)/i7D,8D,10D/hD2. The van der Waals surface area contributed by atoms with Gasteiger partial charge in [-0.1, -0.05) is 35.9 Å². The molecule has 4 rings (SSSR count). The summed E-state index contributed by atoms with van der Waals surface area (Å²) in [5.74, 6) is -9.12. The fourth-order valence-corrected chi connectivity index (χ4v) is 3.50. The number of carbonyl (C=O) groups is 4. The second-order valence-electron chi connectivity index (χ2n) is 7.09. The molecule has 2 N–H and O–H groups in total. The maximum atomic E-state index is 14.7. The van der Waals surface area contributed by atoms with Crippen molar-refractivity contribution in [2.24, 2.45) is 0 Å². The van der Waals surface area contributed by atoms with Gasteiger partial charge in [0.05, 0.1) is 1.37 Å². The number of halogens is 3. The molecular weight excluding hydrogens is 444 g/mol. The van der Waals surface area contributed by atoms with E-state index in [1.807, 2.05) is 0 Å². The largest absolute Gasteiger partial charge is 0.349 e. The molecule has 0 bridgehead atoms. The van der Waals surface area contributed by atoms with Crippen LogP contribution in [-0.4, -0.2) is 34.6 Å². The number of amides is 4. The molecule has 2 aliphatic rings. The monoisotopic (exact) mass is 466 g/mol. The lowest BCUT2D eigenvalue weighted by Crippen LogP contribution is -2.52. The van der Waals surface area contributed by atoms with Crippen molar-refractivity contribution in [2.75, 3.05) is 0 Å². The van der Waals surface area contributed by atoms with Crippen molar-refractivity contribution < 1.29 is 34.9 Å². The van der Waals surface area contributed by atoms with Crippen LogP contribution < -0.4 is 10.6 Å². The Morgan fingerprint density at radius 2 is 2.03 bits per heavy atom. The van der Waals surface area contributed by atoms with Crippen LogP contribution in [0.15, 0.2) is 42.5 Å². The van der Waals surface area contributed by atoms with Crippen molar-refractivity contribution >= 4 is 35.2 Å². The first kappa shape index (κ1) is 16.3. The summed E-state index contributed by atoms with van der Waals surface area (Å²) < 4.78 is 68.9. The van der Waals surface area contributed by atoms with Gasteiger partial charge in [-0.05, 0) is 35.7 Å². The van der Waals surface area contributed by atoms with E-state index in [2.05, 4.69) is 0 Å². The maximum Gasteiger partial charge on any atom is 0.349 e. The van der Waals surface area contributed by atoms with Crippen molar-refractivity contribution in [3.8, 4) is 0 Å². The first-order valence-corrected chi connectivity index (χ1v) is 9.68. The van der Waals surface area contributed by atoms with Gasteiger partial charge < -0.3 is 10.2 Å². The fourth-order valence-electron chi connectivity index (χ4n) is 3.37. The highest BCUT2D eigenvalue weighted by Gasteiger charge is 2.41. The Morgan fingerprint density at radius 1 is 1.31 bits per heavy atom. The van der Waals surface area contributed by atoms with Crippen LogP contribution in [-0.2, 0) is 33.4 Å². The number of rotatable bonds is 5. The van der Waals surface area contributed by atoms with Gasteiger partial charge in [0.15, 0.2) is 2.82 Å². The Bertz CT molecular complexity index is 1300. The van der Waals surface area contributed by atoms with Gasteiger partial charge in [-0.2, -0.15) is 8.78 Å². The van der Waals surface area contributed by atoms with Gasteiger partial charge >= 0.3 is 5.92 Å². The zero-order chi connectivity index (χ0) is 27.4. The maximum absolute atomic E-state index is 14.7. The summed E-state index contributed by atoms with van der Waals surface area (Å²) in [5.41, 5.74) is -0.504. The number of nitrogens with zero attached hydrogens (tertiary/aromatic N) is 1. The van der Waals surface area contributed by atoms with E-state index >= 15 is 0 Å². The van der Waals surface area contributed by atoms with Gasteiger partial charge in [0.25, 0.3) is 11.8 Å². The summed E-state index contributed by atoms with van der Waals surface area (Å²) >= 11 is 5.69. The van der Waals surface area contributed by atoms with Crippen molar-refractivity contribution in [1.29, 1.82) is 0 Å². The molecule has 2 aromatic carbocycles. The molecule has 2 aliphatic heterocycles. The number of nitrogens with one attached hydrogen (secondary N) is 2. The van der Waals surface area contributed by atoms with Crippen molar-refractivity contribution in [1.82, 2.24) is 15.5 Å². The van der Waals surface area contributed by atoms with E-state index in [1.54, 1.807) is 0 Å². The number of piperidine rings is 1. The molecule has 166 valence electrons. The van der Waals surface area contributed by atoms with Crippen LogP contribution >= 0.6 is 11.6 Å². The second-order valence-corrected chi connectivity index (χ2v) is 7.52. The van der Waals surface area contributed by atoms with E-state index in [1.165, 1.54) is 18.2 Å². The van der Waals surface area contributed by atoms with Gasteiger partial charge in [-0.3, -0.25) is 24.5 Å². The van der Waals surface area contributed by atoms with E-state index in [-0.39, 0.29) is 38.9 Å². The number of hydrogen-bond donors (Lipinski definition) is 2. The molecular formula is C22H18ClF2N3O4. The molecule has 0 radical (unpaired) electrons. The lowest BCUT2D eigenvalue weighted by atomic mass is 10.0. The minimum atomic E-state index is -4.12.